The zero-order valence-corrected chi connectivity index (χ0v) is 30.0. The van der Waals surface area contributed by atoms with Crippen LogP contribution in [0.4, 0.5) is 5.82 Å². The summed E-state index contributed by atoms with van der Waals surface area (Å²) in [4.78, 5) is 47.2. The van der Waals surface area contributed by atoms with Crippen LogP contribution in [0.2, 0.25) is 0 Å². The number of benzene rings is 1. The number of aliphatic hydroxyl groups excluding tert-OH is 3. The Hall–Kier alpha value is -3.86. The smallest absolute Gasteiger partial charge is 0.336 e. The van der Waals surface area contributed by atoms with E-state index in [9.17, 15) is 39.9 Å². The second-order valence-corrected chi connectivity index (χ2v) is 15.0. The molecule has 1 saturated carbocycles. The van der Waals surface area contributed by atoms with Gasteiger partial charge in [-0.15, -0.1) is 0 Å². The van der Waals surface area contributed by atoms with Gasteiger partial charge in [-0.1, -0.05) is 0 Å². The number of amides is 2. The number of morpholine rings is 1. The molecule has 1 spiro atoms. The Morgan fingerprint density at radius 1 is 1.12 bits per heavy atom. The van der Waals surface area contributed by atoms with Crippen molar-refractivity contribution in [1.82, 2.24) is 20.5 Å². The van der Waals surface area contributed by atoms with Crippen LogP contribution in [0, 0.1) is 13.8 Å². The van der Waals surface area contributed by atoms with Gasteiger partial charge < -0.3 is 50.5 Å². The number of nitrogens with zero attached hydrogens (tertiary/aromatic N) is 3. The molecule has 7 N–H and O–H groups in total. The third-order valence-electron chi connectivity index (χ3n) is 11.2. The standard InChI is InChI=1S/C37H51N5O10/c1-21-14-26(15-22(2)31(21)46)34(48)39-18-28(45)32(47)33-30(40-23(3)43)27(44)17-37(52-33,35(49)50)8-11-42-12-13-51-20-36(42)7-10-41(19-36)29-16-25(6-9-38-29)24-4-5-24/h6,9,14-16,24,27-28,30,32-33,44-47H,4-5,7-8,10-13,17-20H2,1-3H3,(H,39,48)(H,40,43)(H,49,50)/t27-,28+,30+,32+,33+,36-,37+/m0/s1. The van der Waals surface area contributed by atoms with E-state index >= 15 is 0 Å². The number of nitrogens with one attached hydrogen (secondary N) is 2. The lowest BCUT2D eigenvalue weighted by molar-refractivity contribution is -0.231. The van der Waals surface area contributed by atoms with Crippen LogP contribution in [0.25, 0.3) is 0 Å². The van der Waals surface area contributed by atoms with Gasteiger partial charge in [0.1, 0.15) is 23.8 Å². The van der Waals surface area contributed by atoms with Crippen LogP contribution in [0.5, 0.6) is 5.75 Å². The molecule has 15 heteroatoms. The Balaban J connectivity index is 1.16. The zero-order valence-electron chi connectivity index (χ0n) is 30.0. The highest BCUT2D eigenvalue weighted by atomic mass is 16.6. The minimum atomic E-state index is -1.97. The third-order valence-corrected chi connectivity index (χ3v) is 11.2. The number of hydrogen-bond donors (Lipinski definition) is 7. The molecule has 4 heterocycles. The van der Waals surface area contributed by atoms with Crippen LogP contribution in [-0.4, -0.2) is 141 Å². The van der Waals surface area contributed by atoms with E-state index in [1.54, 1.807) is 13.8 Å². The average Bonchev–Trinajstić information content (AvgIpc) is 3.89. The maximum absolute atomic E-state index is 13.1. The van der Waals surface area contributed by atoms with E-state index in [2.05, 4.69) is 37.6 Å². The molecule has 7 atom stereocenters. The van der Waals surface area contributed by atoms with Crippen molar-refractivity contribution in [2.24, 2.45) is 0 Å². The average molecular weight is 726 g/mol. The molecule has 3 saturated heterocycles. The van der Waals surface area contributed by atoms with E-state index < -0.39 is 65.9 Å². The first kappa shape index (κ1) is 37.9. The Bertz CT molecular complexity index is 1630. The third kappa shape index (κ3) is 7.89. The van der Waals surface area contributed by atoms with Gasteiger partial charge in [-0.2, -0.15) is 0 Å². The molecule has 0 radical (unpaired) electrons. The minimum Gasteiger partial charge on any atom is -0.507 e. The normalized spacial score (nSPS) is 29.1. The first-order valence-electron chi connectivity index (χ1n) is 18.1. The van der Waals surface area contributed by atoms with Crippen molar-refractivity contribution in [3.8, 4) is 5.75 Å². The van der Waals surface area contributed by atoms with Crippen LogP contribution in [0.1, 0.15) is 72.0 Å². The Morgan fingerprint density at radius 2 is 1.85 bits per heavy atom. The van der Waals surface area contributed by atoms with Crippen LogP contribution in [0.15, 0.2) is 30.5 Å². The number of aryl methyl sites for hydroxylation is 2. The first-order chi connectivity index (χ1) is 24.7. The summed E-state index contributed by atoms with van der Waals surface area (Å²) >= 11 is 0. The van der Waals surface area contributed by atoms with Crippen molar-refractivity contribution in [1.29, 1.82) is 0 Å². The van der Waals surface area contributed by atoms with Crippen molar-refractivity contribution >= 4 is 23.6 Å². The fourth-order valence-electron chi connectivity index (χ4n) is 8.03. The Morgan fingerprint density at radius 3 is 2.52 bits per heavy atom. The van der Waals surface area contributed by atoms with Crippen molar-refractivity contribution in [2.45, 2.75) is 100 Å². The fourth-order valence-corrected chi connectivity index (χ4v) is 8.03. The highest BCUT2D eigenvalue weighted by Crippen LogP contribution is 2.42. The quantitative estimate of drug-likeness (QED) is 0.160. The Labute approximate surface area is 302 Å². The van der Waals surface area contributed by atoms with Crippen LogP contribution >= 0.6 is 0 Å². The van der Waals surface area contributed by atoms with Crippen molar-refractivity contribution in [3.05, 3.63) is 52.7 Å². The number of carboxylic acid groups (broad SMARTS) is 1. The van der Waals surface area contributed by atoms with E-state index in [-0.39, 0.29) is 30.7 Å². The lowest BCUT2D eigenvalue weighted by Gasteiger charge is -2.49. The van der Waals surface area contributed by atoms with Gasteiger partial charge in [0.15, 0.2) is 5.60 Å². The molecule has 4 fully saturated rings. The molecule has 284 valence electrons. The minimum absolute atomic E-state index is 0.0566. The SMILES string of the molecule is CC(=O)N[C@H]1[C@H]([C@H](O)[C@H](O)CNC(=O)c2cc(C)c(O)c(C)c2)O[C@@](CCN2CCOC[C@@]23CCN(c2cc(C4CC4)ccn2)C3)(C(=O)O)C[C@@H]1O. The summed E-state index contributed by atoms with van der Waals surface area (Å²) in [6.07, 6.45) is -1.88. The molecule has 2 amide bonds. The molecule has 1 aliphatic carbocycles. The number of anilines is 1. The van der Waals surface area contributed by atoms with E-state index in [1.165, 1.54) is 37.5 Å². The summed E-state index contributed by atoms with van der Waals surface area (Å²) in [5, 5.41) is 59.6. The van der Waals surface area contributed by atoms with Gasteiger partial charge >= 0.3 is 5.97 Å². The second-order valence-electron chi connectivity index (χ2n) is 15.0. The summed E-state index contributed by atoms with van der Waals surface area (Å²) in [5.74, 6) is -0.897. The van der Waals surface area contributed by atoms with Gasteiger partial charge in [-0.25, -0.2) is 9.78 Å². The number of carbonyl (C=O) groups is 3. The van der Waals surface area contributed by atoms with Gasteiger partial charge in [0.2, 0.25) is 5.91 Å². The number of phenolic OH excluding ortho intramolecular Hbond substituents is 1. The van der Waals surface area contributed by atoms with Gasteiger partial charge in [-0.3, -0.25) is 14.5 Å². The lowest BCUT2D eigenvalue weighted by Crippen LogP contribution is -2.68. The largest absolute Gasteiger partial charge is 0.507 e. The highest BCUT2D eigenvalue weighted by molar-refractivity contribution is 5.94. The number of aliphatic carboxylic acids is 1. The second kappa shape index (κ2) is 15.2. The van der Waals surface area contributed by atoms with E-state index in [4.69, 9.17) is 9.47 Å². The first-order valence-corrected chi connectivity index (χ1v) is 18.1. The van der Waals surface area contributed by atoms with Crippen LogP contribution in [-0.2, 0) is 19.1 Å². The molecule has 15 nitrogen and oxygen atoms in total. The maximum atomic E-state index is 13.1. The van der Waals surface area contributed by atoms with Crippen LogP contribution in [0.3, 0.4) is 0 Å². The highest BCUT2D eigenvalue weighted by Gasteiger charge is 2.55. The van der Waals surface area contributed by atoms with Gasteiger partial charge in [-0.05, 0) is 80.0 Å². The number of aromatic hydroxyl groups is 1. The topological polar surface area (TPSA) is 214 Å². The number of phenols is 1. The predicted molar refractivity (Wildman–Crippen MR) is 188 cm³/mol. The molecule has 0 unspecified atom stereocenters. The fraction of sp³-hybridized carbons (Fsp3) is 0.622. The molecule has 52 heavy (non-hydrogen) atoms. The number of pyridine rings is 1. The van der Waals surface area contributed by atoms with Gasteiger partial charge in [0.05, 0.1) is 37.0 Å². The lowest BCUT2D eigenvalue weighted by atomic mass is 9.81. The van der Waals surface area contributed by atoms with E-state index in [0.29, 0.717) is 43.3 Å². The Kier molecular flexibility index (Phi) is 11.1. The molecule has 0 bridgehead atoms. The van der Waals surface area contributed by atoms with E-state index in [1.807, 2.05) is 6.20 Å². The predicted octanol–water partition coefficient (Wildman–Crippen LogP) is 0.582. The summed E-state index contributed by atoms with van der Waals surface area (Å²) in [6, 6.07) is 5.96. The molecule has 1 aromatic heterocycles. The number of carbonyl (C=O) groups excluding carboxylic acids is 2. The van der Waals surface area contributed by atoms with E-state index in [0.717, 1.165) is 18.8 Å². The van der Waals surface area contributed by atoms with Crippen molar-refractivity contribution in [3.63, 3.8) is 0 Å². The number of aromatic nitrogens is 1. The summed E-state index contributed by atoms with van der Waals surface area (Å²) in [5.41, 5.74) is 0.132. The van der Waals surface area contributed by atoms with Crippen LogP contribution < -0.4 is 15.5 Å². The summed E-state index contributed by atoms with van der Waals surface area (Å²) in [7, 11) is 0. The number of rotatable bonds is 12. The number of ether oxygens (including phenoxy) is 2. The van der Waals surface area contributed by atoms with Crippen molar-refractivity contribution in [2.75, 3.05) is 50.8 Å². The zero-order chi connectivity index (χ0) is 37.4. The molecule has 4 aliphatic rings. The van der Waals surface area contributed by atoms with Gasteiger partial charge in [0.25, 0.3) is 5.91 Å². The molecular formula is C37H51N5O10. The molecule has 2 aromatic rings. The van der Waals surface area contributed by atoms with Crippen molar-refractivity contribution < 1.29 is 49.4 Å². The molecule has 1 aromatic carbocycles. The van der Waals surface area contributed by atoms with Gasteiger partial charge in [0, 0.05) is 64.2 Å². The maximum Gasteiger partial charge on any atom is 0.336 e. The number of aliphatic hydroxyl groups is 3. The number of carboxylic acids is 1. The molecular weight excluding hydrogens is 674 g/mol. The number of hydrogen-bond acceptors (Lipinski definition) is 12. The summed E-state index contributed by atoms with van der Waals surface area (Å²) < 4.78 is 12.2. The molecule has 3 aliphatic heterocycles. The summed E-state index contributed by atoms with van der Waals surface area (Å²) in [6.45, 7) is 7.22. The molecule has 6 rings (SSSR count). The monoisotopic (exact) mass is 725 g/mol.